The number of allylic oxidation sites excluding steroid dienone is 1. The Kier molecular flexibility index (Phi) is 8.00. The molecule has 0 radical (unpaired) electrons. The van der Waals surface area contributed by atoms with E-state index in [1.807, 2.05) is 6.07 Å². The van der Waals surface area contributed by atoms with Crippen LogP contribution >= 0.6 is 23.2 Å². The molecule has 1 saturated heterocycles. The summed E-state index contributed by atoms with van der Waals surface area (Å²) in [7, 11) is 0. The highest BCUT2D eigenvalue weighted by molar-refractivity contribution is 6.30. The lowest BCUT2D eigenvalue weighted by atomic mass is 9.66. The number of piperidine rings is 1. The highest BCUT2D eigenvalue weighted by atomic mass is 35.5. The lowest BCUT2D eigenvalue weighted by Crippen LogP contribution is -2.65. The number of benzene rings is 2. The standard InChI is InChI=1S/C27H30Cl2F3NO2/c1-5-14-25(3)16-21(18-8-7-9-20(29)15-18)23(17-10-12-19(28)13-11-17)33(24(25)34)22(6-2)26(4,35)27(30,31)32/h5,7-13,15,21-23,35H,1,6,14,16H2,2-4H3/t21-,22+,23-,25+,26?/m1/s1. The molecule has 0 aliphatic carbocycles. The number of carbonyl (C=O) groups excluding carboxylic acids is 1. The third kappa shape index (κ3) is 5.25. The molecule has 35 heavy (non-hydrogen) atoms. The average Bonchev–Trinajstić information content (AvgIpc) is 2.77. The van der Waals surface area contributed by atoms with Crippen molar-refractivity contribution in [3.8, 4) is 0 Å². The van der Waals surface area contributed by atoms with E-state index in [1.165, 1.54) is 4.90 Å². The van der Waals surface area contributed by atoms with Gasteiger partial charge in [0, 0.05) is 16.0 Å². The normalized spacial score (nSPS) is 25.7. The Hall–Kier alpha value is -2.02. The van der Waals surface area contributed by atoms with Crippen LogP contribution in [0.15, 0.2) is 61.2 Å². The highest BCUT2D eigenvalue weighted by Crippen LogP contribution is 2.54. The van der Waals surface area contributed by atoms with Gasteiger partial charge < -0.3 is 10.0 Å². The maximum absolute atomic E-state index is 14.1. The van der Waals surface area contributed by atoms with Crippen molar-refractivity contribution >= 4 is 29.1 Å². The molecular weight excluding hydrogens is 498 g/mol. The van der Waals surface area contributed by atoms with Crippen LogP contribution in [0.4, 0.5) is 13.2 Å². The molecule has 3 nitrogen and oxygen atoms in total. The van der Waals surface area contributed by atoms with Gasteiger partial charge in [0.25, 0.3) is 0 Å². The molecule has 0 saturated carbocycles. The Labute approximate surface area is 214 Å². The van der Waals surface area contributed by atoms with Gasteiger partial charge in [-0.05, 0) is 61.6 Å². The molecule has 2 aromatic carbocycles. The molecule has 1 heterocycles. The van der Waals surface area contributed by atoms with Crippen LogP contribution in [0, 0.1) is 5.41 Å². The summed E-state index contributed by atoms with van der Waals surface area (Å²) >= 11 is 12.4. The fourth-order valence-electron chi connectivity index (χ4n) is 5.28. The van der Waals surface area contributed by atoms with E-state index in [9.17, 15) is 23.1 Å². The molecule has 190 valence electrons. The van der Waals surface area contributed by atoms with Crippen LogP contribution in [0.2, 0.25) is 10.0 Å². The maximum Gasteiger partial charge on any atom is 0.418 e. The second-order valence-electron chi connectivity index (χ2n) is 9.70. The molecular formula is C27H30Cl2F3NO2. The Balaban J connectivity index is 2.32. The number of amides is 1. The van der Waals surface area contributed by atoms with Crippen LogP contribution in [0.1, 0.15) is 63.1 Å². The molecule has 1 aliphatic rings. The molecule has 5 atom stereocenters. The summed E-state index contributed by atoms with van der Waals surface area (Å²) in [4.78, 5) is 15.3. The Morgan fingerprint density at radius 2 is 1.80 bits per heavy atom. The van der Waals surface area contributed by atoms with E-state index < -0.39 is 41.1 Å². The first kappa shape index (κ1) is 27.6. The number of rotatable bonds is 7. The van der Waals surface area contributed by atoms with Crippen molar-refractivity contribution in [3.05, 3.63) is 82.4 Å². The Morgan fingerprint density at radius 1 is 1.17 bits per heavy atom. The van der Waals surface area contributed by atoms with Gasteiger partial charge in [0.1, 0.15) is 0 Å². The number of aliphatic hydroxyl groups is 1. The van der Waals surface area contributed by atoms with Gasteiger partial charge >= 0.3 is 6.18 Å². The van der Waals surface area contributed by atoms with Crippen molar-refractivity contribution in [1.29, 1.82) is 0 Å². The Morgan fingerprint density at radius 3 is 2.31 bits per heavy atom. The van der Waals surface area contributed by atoms with Crippen LogP contribution < -0.4 is 0 Å². The predicted octanol–water partition coefficient (Wildman–Crippen LogP) is 7.72. The molecule has 1 N–H and O–H groups in total. The van der Waals surface area contributed by atoms with Crippen LogP contribution in [0.25, 0.3) is 0 Å². The van der Waals surface area contributed by atoms with Gasteiger partial charge in [0.2, 0.25) is 5.91 Å². The number of alkyl halides is 3. The van der Waals surface area contributed by atoms with Gasteiger partial charge in [-0.3, -0.25) is 4.79 Å². The lowest BCUT2D eigenvalue weighted by Gasteiger charge is -2.54. The SMILES string of the molecule is C=CC[C@@]1(C)C[C@H](c2cccc(Cl)c2)[C@@H](c2ccc(Cl)cc2)N([C@@H](CC)C(C)(O)C(F)(F)F)C1=O. The van der Waals surface area contributed by atoms with Gasteiger partial charge in [0.15, 0.2) is 5.60 Å². The van der Waals surface area contributed by atoms with Crippen LogP contribution in [-0.2, 0) is 4.79 Å². The number of hydrogen-bond donors (Lipinski definition) is 1. The van der Waals surface area contributed by atoms with Crippen molar-refractivity contribution in [2.24, 2.45) is 5.41 Å². The summed E-state index contributed by atoms with van der Waals surface area (Å²) in [6.07, 6.45) is -2.80. The molecule has 1 fully saturated rings. The second-order valence-corrected chi connectivity index (χ2v) is 10.6. The fourth-order valence-corrected chi connectivity index (χ4v) is 5.61. The zero-order chi connectivity index (χ0) is 26.2. The predicted molar refractivity (Wildman–Crippen MR) is 134 cm³/mol. The molecule has 8 heteroatoms. The first-order chi connectivity index (χ1) is 16.3. The topological polar surface area (TPSA) is 40.5 Å². The number of nitrogens with zero attached hydrogens (tertiary/aromatic N) is 1. The van der Waals surface area contributed by atoms with Gasteiger partial charge in [-0.2, -0.15) is 13.2 Å². The quantitative estimate of drug-likeness (QED) is 0.374. The first-order valence-corrected chi connectivity index (χ1v) is 12.3. The van der Waals surface area contributed by atoms with Gasteiger partial charge in [-0.1, -0.05) is 67.4 Å². The van der Waals surface area contributed by atoms with Gasteiger partial charge in [-0.25, -0.2) is 0 Å². The van der Waals surface area contributed by atoms with E-state index in [0.29, 0.717) is 22.0 Å². The zero-order valence-corrected chi connectivity index (χ0v) is 21.5. The summed E-state index contributed by atoms with van der Waals surface area (Å²) in [5.41, 5.74) is -2.73. The van der Waals surface area contributed by atoms with Gasteiger partial charge in [-0.15, -0.1) is 6.58 Å². The summed E-state index contributed by atoms with van der Waals surface area (Å²) in [6.45, 7) is 7.80. The smallest absolute Gasteiger partial charge is 0.379 e. The van der Waals surface area contributed by atoms with Crippen LogP contribution in [0.5, 0.6) is 0 Å². The molecule has 0 aromatic heterocycles. The minimum atomic E-state index is -4.95. The van der Waals surface area contributed by atoms with Crippen molar-refractivity contribution in [3.63, 3.8) is 0 Å². The molecule has 1 amide bonds. The minimum absolute atomic E-state index is 0.102. The maximum atomic E-state index is 14.1. The molecule has 1 unspecified atom stereocenters. The lowest BCUT2D eigenvalue weighted by molar-refractivity contribution is -0.277. The van der Waals surface area contributed by atoms with E-state index in [1.54, 1.807) is 62.4 Å². The second kappa shape index (κ2) is 10.2. The first-order valence-electron chi connectivity index (χ1n) is 11.5. The average molecular weight is 528 g/mol. The number of likely N-dealkylation sites (tertiary alicyclic amines) is 1. The van der Waals surface area contributed by atoms with Crippen molar-refractivity contribution in [1.82, 2.24) is 4.90 Å². The number of carbonyl (C=O) groups is 1. The van der Waals surface area contributed by atoms with Gasteiger partial charge in [0.05, 0.1) is 17.5 Å². The molecule has 3 rings (SSSR count). The highest BCUT2D eigenvalue weighted by Gasteiger charge is 2.61. The molecule has 0 spiro atoms. The molecule has 2 aromatic rings. The van der Waals surface area contributed by atoms with Crippen molar-refractivity contribution in [2.75, 3.05) is 0 Å². The van der Waals surface area contributed by atoms with Crippen molar-refractivity contribution in [2.45, 2.75) is 69.8 Å². The number of halogens is 5. The Bertz CT molecular complexity index is 1070. The molecule has 1 aliphatic heterocycles. The third-order valence-electron chi connectivity index (χ3n) is 7.13. The summed E-state index contributed by atoms with van der Waals surface area (Å²) in [5.74, 6) is -0.845. The van der Waals surface area contributed by atoms with E-state index in [0.717, 1.165) is 12.5 Å². The summed E-state index contributed by atoms with van der Waals surface area (Å²) < 4.78 is 42.3. The fraction of sp³-hybridized carbons (Fsp3) is 0.444. The van der Waals surface area contributed by atoms with E-state index >= 15 is 0 Å². The third-order valence-corrected chi connectivity index (χ3v) is 7.62. The minimum Gasteiger partial charge on any atom is -0.379 e. The van der Waals surface area contributed by atoms with E-state index in [-0.39, 0.29) is 12.8 Å². The van der Waals surface area contributed by atoms with Crippen LogP contribution in [0.3, 0.4) is 0 Å². The summed E-state index contributed by atoms with van der Waals surface area (Å²) in [5, 5.41) is 11.8. The number of hydrogen-bond acceptors (Lipinski definition) is 2. The largest absolute Gasteiger partial charge is 0.418 e. The monoisotopic (exact) mass is 527 g/mol. The summed E-state index contributed by atoms with van der Waals surface area (Å²) in [6, 6.07) is 11.6. The van der Waals surface area contributed by atoms with Crippen LogP contribution in [-0.4, -0.2) is 33.7 Å². The van der Waals surface area contributed by atoms with E-state index in [4.69, 9.17) is 23.2 Å². The van der Waals surface area contributed by atoms with Crippen molar-refractivity contribution < 1.29 is 23.1 Å². The molecule has 0 bridgehead atoms. The van der Waals surface area contributed by atoms with E-state index in [2.05, 4.69) is 6.58 Å². The zero-order valence-electron chi connectivity index (χ0n) is 19.9.